The van der Waals surface area contributed by atoms with Crippen LogP contribution in [0.5, 0.6) is 0 Å². The number of hydrogen-bond donors (Lipinski definition) is 0. The molecule has 0 bridgehead atoms. The van der Waals surface area contributed by atoms with Gasteiger partial charge in [0, 0.05) is 18.8 Å². The lowest BCUT2D eigenvalue weighted by Gasteiger charge is -2.23. The lowest BCUT2D eigenvalue weighted by atomic mass is 9.89. The molecule has 108 valence electrons. The van der Waals surface area contributed by atoms with Crippen LogP contribution in [0.15, 0.2) is 18.2 Å². The summed E-state index contributed by atoms with van der Waals surface area (Å²) >= 11 is 5.96. The third-order valence-corrected chi connectivity index (χ3v) is 4.73. The lowest BCUT2D eigenvalue weighted by molar-refractivity contribution is 0.319. The highest BCUT2D eigenvalue weighted by molar-refractivity contribution is 6.17. The highest BCUT2D eigenvalue weighted by atomic mass is 35.5. The lowest BCUT2D eigenvalue weighted by Crippen LogP contribution is -2.16. The zero-order valence-electron chi connectivity index (χ0n) is 12.2. The van der Waals surface area contributed by atoms with Crippen molar-refractivity contribution in [2.45, 2.75) is 52.0 Å². The van der Waals surface area contributed by atoms with Crippen LogP contribution in [0, 0.1) is 12.8 Å². The Labute approximate surface area is 126 Å². The number of halogens is 1. The third kappa shape index (κ3) is 2.71. The summed E-state index contributed by atoms with van der Waals surface area (Å²) in [5.74, 6) is 2.62. The van der Waals surface area contributed by atoms with Gasteiger partial charge in [0.15, 0.2) is 0 Å². The topological polar surface area (TPSA) is 17.8 Å². The van der Waals surface area contributed by atoms with Crippen molar-refractivity contribution in [3.05, 3.63) is 29.6 Å². The number of aryl methyl sites for hydroxylation is 2. The molecule has 1 aromatic carbocycles. The van der Waals surface area contributed by atoms with E-state index < -0.39 is 0 Å². The molecule has 0 aliphatic heterocycles. The van der Waals surface area contributed by atoms with Gasteiger partial charge in [-0.25, -0.2) is 4.98 Å². The zero-order valence-corrected chi connectivity index (χ0v) is 13.0. The fourth-order valence-corrected chi connectivity index (χ4v) is 3.61. The fraction of sp³-hybridized carbons (Fsp3) is 0.588. The summed E-state index contributed by atoms with van der Waals surface area (Å²) in [5.41, 5.74) is 3.71. The zero-order chi connectivity index (χ0) is 13.9. The number of rotatable bonds is 4. The van der Waals surface area contributed by atoms with E-state index in [0.29, 0.717) is 5.88 Å². The van der Waals surface area contributed by atoms with E-state index in [1.807, 2.05) is 0 Å². The van der Waals surface area contributed by atoms with Crippen molar-refractivity contribution in [3.8, 4) is 0 Å². The second kappa shape index (κ2) is 6.17. The minimum absolute atomic E-state index is 0.646. The van der Waals surface area contributed by atoms with Crippen LogP contribution < -0.4 is 0 Å². The van der Waals surface area contributed by atoms with Crippen LogP contribution in [0.3, 0.4) is 0 Å². The Morgan fingerprint density at radius 2 is 2.05 bits per heavy atom. The summed E-state index contributed by atoms with van der Waals surface area (Å²) in [7, 11) is 0. The minimum atomic E-state index is 0.646. The first-order valence-electron chi connectivity index (χ1n) is 7.80. The molecule has 0 unspecified atom stereocenters. The van der Waals surface area contributed by atoms with E-state index in [1.54, 1.807) is 0 Å². The summed E-state index contributed by atoms with van der Waals surface area (Å²) in [4.78, 5) is 4.85. The van der Waals surface area contributed by atoms with E-state index in [-0.39, 0.29) is 0 Å². The number of nitrogens with zero attached hydrogens (tertiary/aromatic N) is 2. The van der Waals surface area contributed by atoms with Crippen LogP contribution in [-0.4, -0.2) is 15.4 Å². The second-order valence-electron chi connectivity index (χ2n) is 6.02. The standard InChI is InChI=1S/C17H23ClN2/c1-13-6-5-9-15-17(13)19-16(10-11-18)20(15)12-14-7-3-2-4-8-14/h5-6,9,14H,2-4,7-8,10-12H2,1H3. The van der Waals surface area contributed by atoms with E-state index >= 15 is 0 Å². The Morgan fingerprint density at radius 3 is 2.80 bits per heavy atom. The molecule has 1 fully saturated rings. The number of alkyl halides is 1. The molecule has 0 atom stereocenters. The van der Waals surface area contributed by atoms with Crippen molar-refractivity contribution in [3.63, 3.8) is 0 Å². The van der Waals surface area contributed by atoms with Crippen molar-refractivity contribution in [2.75, 3.05) is 5.88 Å². The molecule has 2 nitrogen and oxygen atoms in total. The summed E-state index contributed by atoms with van der Waals surface area (Å²) in [5, 5.41) is 0. The van der Waals surface area contributed by atoms with Gasteiger partial charge in [0.05, 0.1) is 11.0 Å². The largest absolute Gasteiger partial charge is 0.328 e. The van der Waals surface area contributed by atoms with E-state index in [1.165, 1.54) is 43.2 Å². The molecule has 0 radical (unpaired) electrons. The molecule has 1 aliphatic rings. The normalized spacial score (nSPS) is 16.9. The summed E-state index contributed by atoms with van der Waals surface area (Å²) < 4.78 is 2.43. The number of para-hydroxylation sites is 1. The number of benzene rings is 1. The van der Waals surface area contributed by atoms with Crippen molar-refractivity contribution in [1.29, 1.82) is 0 Å². The highest BCUT2D eigenvalue weighted by Gasteiger charge is 2.18. The van der Waals surface area contributed by atoms with Crippen LogP contribution >= 0.6 is 11.6 Å². The monoisotopic (exact) mass is 290 g/mol. The Morgan fingerprint density at radius 1 is 1.25 bits per heavy atom. The number of aromatic nitrogens is 2. The molecular weight excluding hydrogens is 268 g/mol. The van der Waals surface area contributed by atoms with Gasteiger partial charge in [-0.15, -0.1) is 11.6 Å². The van der Waals surface area contributed by atoms with E-state index in [2.05, 4.69) is 29.7 Å². The minimum Gasteiger partial charge on any atom is -0.328 e. The maximum Gasteiger partial charge on any atom is 0.111 e. The third-order valence-electron chi connectivity index (χ3n) is 4.54. The molecule has 2 aromatic rings. The molecule has 1 saturated carbocycles. The van der Waals surface area contributed by atoms with Gasteiger partial charge in [-0.05, 0) is 37.3 Å². The maximum atomic E-state index is 5.96. The second-order valence-corrected chi connectivity index (χ2v) is 6.40. The molecule has 0 saturated heterocycles. The molecule has 3 rings (SSSR count). The van der Waals surface area contributed by atoms with Gasteiger partial charge in [-0.3, -0.25) is 0 Å². The van der Waals surface area contributed by atoms with E-state index in [9.17, 15) is 0 Å². The summed E-state index contributed by atoms with van der Waals surface area (Å²) in [6.07, 6.45) is 7.79. The first-order valence-corrected chi connectivity index (χ1v) is 8.33. The van der Waals surface area contributed by atoms with Crippen LogP contribution in [-0.2, 0) is 13.0 Å². The van der Waals surface area contributed by atoms with Gasteiger partial charge in [0.25, 0.3) is 0 Å². The average Bonchev–Trinajstić information content (AvgIpc) is 2.81. The molecule has 0 amide bonds. The predicted octanol–water partition coefficient (Wildman–Crippen LogP) is 4.71. The number of fused-ring (bicyclic) bond motifs is 1. The first kappa shape index (κ1) is 13.9. The van der Waals surface area contributed by atoms with Crippen LogP contribution in [0.4, 0.5) is 0 Å². The van der Waals surface area contributed by atoms with E-state index in [4.69, 9.17) is 16.6 Å². The molecule has 0 spiro atoms. The molecule has 20 heavy (non-hydrogen) atoms. The van der Waals surface area contributed by atoms with Gasteiger partial charge < -0.3 is 4.57 Å². The van der Waals surface area contributed by atoms with Crippen molar-refractivity contribution < 1.29 is 0 Å². The average molecular weight is 291 g/mol. The predicted molar refractivity (Wildman–Crippen MR) is 85.5 cm³/mol. The summed E-state index contributed by atoms with van der Waals surface area (Å²) in [6.45, 7) is 3.26. The Balaban J connectivity index is 1.97. The maximum absolute atomic E-state index is 5.96. The molecule has 1 aromatic heterocycles. The molecule has 1 heterocycles. The first-order chi connectivity index (χ1) is 9.79. The van der Waals surface area contributed by atoms with E-state index in [0.717, 1.165) is 30.2 Å². The number of hydrogen-bond acceptors (Lipinski definition) is 1. The molecule has 3 heteroatoms. The summed E-state index contributed by atoms with van der Waals surface area (Å²) in [6, 6.07) is 6.49. The van der Waals surface area contributed by atoms with Gasteiger partial charge >= 0.3 is 0 Å². The van der Waals surface area contributed by atoms with Crippen molar-refractivity contribution >= 4 is 22.6 Å². The SMILES string of the molecule is Cc1cccc2c1nc(CCCl)n2CC1CCCCC1. The van der Waals surface area contributed by atoms with Gasteiger partial charge in [0.1, 0.15) is 5.82 Å². The van der Waals surface area contributed by atoms with Gasteiger partial charge in [0.2, 0.25) is 0 Å². The van der Waals surface area contributed by atoms with Gasteiger partial charge in [-0.1, -0.05) is 31.4 Å². The molecule has 1 aliphatic carbocycles. The van der Waals surface area contributed by atoms with Crippen molar-refractivity contribution in [1.82, 2.24) is 9.55 Å². The molecule has 0 N–H and O–H groups in total. The van der Waals surface area contributed by atoms with Gasteiger partial charge in [-0.2, -0.15) is 0 Å². The fourth-order valence-electron chi connectivity index (χ4n) is 3.44. The quantitative estimate of drug-likeness (QED) is 0.746. The Kier molecular flexibility index (Phi) is 4.30. The number of imidazole rings is 1. The van der Waals surface area contributed by atoms with Crippen LogP contribution in [0.2, 0.25) is 0 Å². The molecular formula is C17H23ClN2. The van der Waals surface area contributed by atoms with Crippen molar-refractivity contribution in [2.24, 2.45) is 5.92 Å². The van der Waals surface area contributed by atoms with Crippen LogP contribution in [0.1, 0.15) is 43.5 Å². The Bertz CT molecular complexity index is 582. The Hall–Kier alpha value is -1.02. The van der Waals surface area contributed by atoms with Crippen LogP contribution in [0.25, 0.3) is 11.0 Å². The highest BCUT2D eigenvalue weighted by Crippen LogP contribution is 2.28. The smallest absolute Gasteiger partial charge is 0.111 e.